The van der Waals surface area contributed by atoms with E-state index in [0.29, 0.717) is 22.9 Å². The van der Waals surface area contributed by atoms with Crippen LogP contribution >= 0.6 is 0 Å². The number of nitrogens with one attached hydrogen (secondary N) is 1. The number of ether oxygens (including phenoxy) is 4. The molecule has 0 atom stereocenters. The molecule has 1 N–H and O–H groups in total. The first-order chi connectivity index (χ1) is 12.0. The number of anilines is 1. The first-order valence-corrected chi connectivity index (χ1v) is 7.25. The number of esters is 1. The normalized spacial score (nSPS) is 10.0. The van der Waals surface area contributed by atoms with Gasteiger partial charge in [-0.25, -0.2) is 4.79 Å². The van der Waals surface area contributed by atoms with Gasteiger partial charge in [0.25, 0.3) is 11.8 Å². The van der Waals surface area contributed by atoms with Crippen LogP contribution in [-0.2, 0) is 14.3 Å². The second-order valence-electron chi connectivity index (χ2n) is 4.84. The minimum atomic E-state index is -0.714. The summed E-state index contributed by atoms with van der Waals surface area (Å²) in [6.07, 6.45) is 0. The van der Waals surface area contributed by atoms with Crippen molar-refractivity contribution in [3.63, 3.8) is 0 Å². The Morgan fingerprint density at radius 2 is 1.96 bits per heavy atom. The second-order valence-corrected chi connectivity index (χ2v) is 4.84. The Hall–Kier alpha value is -3.23. The van der Waals surface area contributed by atoms with E-state index < -0.39 is 18.5 Å². The Labute approximate surface area is 143 Å². The molecule has 0 radical (unpaired) electrons. The SMILES string of the molecule is COc1ccc(OC)c(NC(=O)COC(=O)COc2cc(C)on2)c1. The van der Waals surface area contributed by atoms with E-state index >= 15 is 0 Å². The zero-order chi connectivity index (χ0) is 18.2. The second kappa shape index (κ2) is 8.57. The Morgan fingerprint density at radius 3 is 2.60 bits per heavy atom. The zero-order valence-corrected chi connectivity index (χ0v) is 14.0. The van der Waals surface area contributed by atoms with E-state index in [9.17, 15) is 9.59 Å². The molecular weight excluding hydrogens is 332 g/mol. The van der Waals surface area contributed by atoms with Gasteiger partial charge in [-0.15, -0.1) is 0 Å². The van der Waals surface area contributed by atoms with E-state index in [1.807, 2.05) is 0 Å². The molecule has 2 rings (SSSR count). The van der Waals surface area contributed by atoms with Crippen LogP contribution in [-0.4, -0.2) is 44.5 Å². The summed E-state index contributed by atoms with van der Waals surface area (Å²) in [7, 11) is 2.98. The molecule has 9 heteroatoms. The van der Waals surface area contributed by atoms with Gasteiger partial charge in [0.2, 0.25) is 0 Å². The van der Waals surface area contributed by atoms with Crippen molar-refractivity contribution < 1.29 is 33.1 Å². The number of nitrogens with zero attached hydrogens (tertiary/aromatic N) is 1. The van der Waals surface area contributed by atoms with Gasteiger partial charge in [-0.05, 0) is 24.2 Å². The summed E-state index contributed by atoms with van der Waals surface area (Å²) >= 11 is 0. The number of aromatic nitrogens is 1. The van der Waals surface area contributed by atoms with Gasteiger partial charge >= 0.3 is 5.97 Å². The largest absolute Gasteiger partial charge is 0.497 e. The molecule has 9 nitrogen and oxygen atoms in total. The maximum atomic E-state index is 11.9. The van der Waals surface area contributed by atoms with Crippen LogP contribution in [0.1, 0.15) is 5.76 Å². The number of rotatable bonds is 8. The van der Waals surface area contributed by atoms with Crippen LogP contribution in [0.4, 0.5) is 5.69 Å². The summed E-state index contributed by atoms with van der Waals surface area (Å²) in [4.78, 5) is 23.5. The predicted octanol–water partition coefficient (Wildman–Crippen LogP) is 1.56. The third kappa shape index (κ3) is 5.41. The number of aryl methyl sites for hydroxylation is 1. The number of carbonyl (C=O) groups excluding carboxylic acids is 2. The average molecular weight is 350 g/mol. The molecule has 0 aliphatic heterocycles. The highest BCUT2D eigenvalue weighted by Gasteiger charge is 2.13. The lowest BCUT2D eigenvalue weighted by molar-refractivity contribution is -0.149. The molecule has 0 saturated carbocycles. The fourth-order valence-electron chi connectivity index (χ4n) is 1.83. The monoisotopic (exact) mass is 350 g/mol. The molecular formula is C16H18N2O7. The molecule has 25 heavy (non-hydrogen) atoms. The highest BCUT2D eigenvalue weighted by Crippen LogP contribution is 2.28. The summed E-state index contributed by atoms with van der Waals surface area (Å²) in [5, 5.41) is 6.14. The van der Waals surface area contributed by atoms with Crippen LogP contribution in [0.5, 0.6) is 17.4 Å². The van der Waals surface area contributed by atoms with Crippen molar-refractivity contribution in [2.75, 3.05) is 32.8 Å². The van der Waals surface area contributed by atoms with Gasteiger partial charge in [-0.2, -0.15) is 0 Å². The van der Waals surface area contributed by atoms with Crippen LogP contribution in [0.3, 0.4) is 0 Å². The maximum Gasteiger partial charge on any atom is 0.344 e. The van der Waals surface area contributed by atoms with Crippen LogP contribution in [0, 0.1) is 6.92 Å². The highest BCUT2D eigenvalue weighted by atomic mass is 16.6. The van der Waals surface area contributed by atoms with Crippen molar-refractivity contribution in [1.82, 2.24) is 5.16 Å². The lowest BCUT2D eigenvalue weighted by Gasteiger charge is -2.12. The molecule has 1 amide bonds. The van der Waals surface area contributed by atoms with E-state index in [-0.39, 0.29) is 12.5 Å². The number of carbonyl (C=O) groups is 2. The molecule has 0 fully saturated rings. The molecule has 1 heterocycles. The summed E-state index contributed by atoms with van der Waals surface area (Å²) in [5.41, 5.74) is 0.400. The zero-order valence-electron chi connectivity index (χ0n) is 14.0. The van der Waals surface area contributed by atoms with Crippen LogP contribution in [0.25, 0.3) is 0 Å². The molecule has 134 valence electrons. The number of hydrogen-bond donors (Lipinski definition) is 1. The Balaban J connectivity index is 1.81. The highest BCUT2D eigenvalue weighted by molar-refractivity contribution is 5.94. The third-order valence-corrected chi connectivity index (χ3v) is 2.99. The minimum Gasteiger partial charge on any atom is -0.497 e. The van der Waals surface area contributed by atoms with Gasteiger partial charge in [0.15, 0.2) is 13.2 Å². The standard InChI is InChI=1S/C16H18N2O7/c1-10-6-15(18-25-10)23-9-16(20)24-8-14(19)17-12-7-11(21-2)4-5-13(12)22-3/h4-7H,8-9H2,1-3H3,(H,17,19). The van der Waals surface area contributed by atoms with Crippen molar-refractivity contribution in [2.45, 2.75) is 6.92 Å². The smallest absolute Gasteiger partial charge is 0.344 e. The minimum absolute atomic E-state index is 0.167. The fraction of sp³-hybridized carbons (Fsp3) is 0.312. The molecule has 1 aromatic carbocycles. The quantitative estimate of drug-likeness (QED) is 0.715. The third-order valence-electron chi connectivity index (χ3n) is 2.99. The molecule has 0 aliphatic rings. The van der Waals surface area contributed by atoms with E-state index in [1.54, 1.807) is 25.1 Å². The van der Waals surface area contributed by atoms with Gasteiger partial charge in [0, 0.05) is 12.1 Å². The number of hydrogen-bond acceptors (Lipinski definition) is 8. The van der Waals surface area contributed by atoms with Gasteiger partial charge < -0.3 is 28.8 Å². The molecule has 0 aliphatic carbocycles. The maximum absolute atomic E-state index is 11.9. The van der Waals surface area contributed by atoms with Gasteiger partial charge in [0.05, 0.1) is 19.9 Å². The summed E-state index contributed by atoms with van der Waals surface area (Å²) in [6.45, 7) is 0.831. The van der Waals surface area contributed by atoms with Gasteiger partial charge in [-0.1, -0.05) is 0 Å². The number of benzene rings is 1. The van der Waals surface area contributed by atoms with E-state index in [0.717, 1.165) is 0 Å². The average Bonchev–Trinajstić information content (AvgIpc) is 3.03. The lowest BCUT2D eigenvalue weighted by atomic mass is 10.2. The van der Waals surface area contributed by atoms with Gasteiger partial charge in [-0.3, -0.25) is 4.79 Å². The summed E-state index contributed by atoms with van der Waals surface area (Å²) in [5.74, 6) is 0.468. The van der Waals surface area contributed by atoms with E-state index in [4.69, 9.17) is 23.5 Å². The Morgan fingerprint density at radius 1 is 1.16 bits per heavy atom. The lowest BCUT2D eigenvalue weighted by Crippen LogP contribution is -2.24. The van der Waals surface area contributed by atoms with Crippen LogP contribution in [0.15, 0.2) is 28.8 Å². The van der Waals surface area contributed by atoms with Crippen molar-refractivity contribution in [1.29, 1.82) is 0 Å². The fourth-order valence-corrected chi connectivity index (χ4v) is 1.83. The van der Waals surface area contributed by atoms with Crippen LogP contribution < -0.4 is 19.5 Å². The van der Waals surface area contributed by atoms with Crippen molar-refractivity contribution in [3.05, 3.63) is 30.0 Å². The molecule has 0 spiro atoms. The van der Waals surface area contributed by atoms with Crippen LogP contribution in [0.2, 0.25) is 0 Å². The molecule has 2 aromatic rings. The van der Waals surface area contributed by atoms with Crippen molar-refractivity contribution >= 4 is 17.6 Å². The number of methoxy groups -OCH3 is 2. The topological polar surface area (TPSA) is 109 Å². The molecule has 0 unspecified atom stereocenters. The predicted molar refractivity (Wildman–Crippen MR) is 85.9 cm³/mol. The summed E-state index contributed by atoms with van der Waals surface area (Å²) < 4.78 is 24.9. The van der Waals surface area contributed by atoms with E-state index in [2.05, 4.69) is 10.5 Å². The number of amides is 1. The molecule has 0 bridgehead atoms. The molecule has 0 saturated heterocycles. The summed E-state index contributed by atoms with van der Waals surface area (Å²) in [6, 6.07) is 6.45. The Bertz CT molecular complexity index is 742. The van der Waals surface area contributed by atoms with Gasteiger partial charge in [0.1, 0.15) is 17.3 Å². The first-order valence-electron chi connectivity index (χ1n) is 7.25. The molecule has 1 aromatic heterocycles. The first kappa shape index (κ1) is 18.1. The van der Waals surface area contributed by atoms with Crippen molar-refractivity contribution in [2.24, 2.45) is 0 Å². The van der Waals surface area contributed by atoms with E-state index in [1.165, 1.54) is 20.3 Å². The Kier molecular flexibility index (Phi) is 6.21. The van der Waals surface area contributed by atoms with Crippen molar-refractivity contribution in [3.8, 4) is 17.4 Å².